The zero-order chi connectivity index (χ0) is 12.1. The fraction of sp³-hybridized carbons (Fsp3) is 0.333. The van der Waals surface area contributed by atoms with E-state index in [1.165, 1.54) is 10.8 Å². The van der Waals surface area contributed by atoms with Gasteiger partial charge in [-0.2, -0.15) is 0 Å². The lowest BCUT2D eigenvalue weighted by Crippen LogP contribution is -2.23. The molecule has 1 N–H and O–H groups in total. The van der Waals surface area contributed by atoms with Crippen LogP contribution in [0, 0.1) is 0 Å². The molecule has 2 nitrogen and oxygen atoms in total. The lowest BCUT2D eigenvalue weighted by molar-refractivity contribution is 0.184. The second kappa shape index (κ2) is 5.69. The van der Waals surface area contributed by atoms with E-state index in [0.29, 0.717) is 6.04 Å². The molecular weight excluding hydrogens is 210 g/mol. The van der Waals surface area contributed by atoms with Crippen LogP contribution in [0.2, 0.25) is 0 Å². The molecule has 0 saturated heterocycles. The van der Waals surface area contributed by atoms with Crippen molar-refractivity contribution >= 4 is 16.5 Å². The summed E-state index contributed by atoms with van der Waals surface area (Å²) in [6.45, 7) is 2.90. The molecule has 0 saturated carbocycles. The molecule has 2 aromatic carbocycles. The summed E-state index contributed by atoms with van der Waals surface area (Å²) in [4.78, 5) is 0. The van der Waals surface area contributed by atoms with Crippen molar-refractivity contribution in [2.24, 2.45) is 0 Å². The normalized spacial score (nSPS) is 12.6. The molecule has 2 heteroatoms. The minimum atomic E-state index is 0.376. The second-order valence-corrected chi connectivity index (χ2v) is 4.27. The molecule has 0 aromatic heterocycles. The van der Waals surface area contributed by atoms with Gasteiger partial charge in [0.25, 0.3) is 0 Å². The van der Waals surface area contributed by atoms with E-state index in [4.69, 9.17) is 4.74 Å². The van der Waals surface area contributed by atoms with Crippen LogP contribution in [0.5, 0.6) is 0 Å². The van der Waals surface area contributed by atoms with Gasteiger partial charge in [0.2, 0.25) is 0 Å². The van der Waals surface area contributed by atoms with Gasteiger partial charge in [0.15, 0.2) is 0 Å². The van der Waals surface area contributed by atoms with Crippen molar-refractivity contribution in [1.29, 1.82) is 0 Å². The zero-order valence-electron chi connectivity index (χ0n) is 10.4. The summed E-state index contributed by atoms with van der Waals surface area (Å²) in [5.41, 5.74) is 1.16. The molecule has 0 heterocycles. The number of methoxy groups -OCH3 is 1. The Morgan fingerprint density at radius 1 is 1.12 bits per heavy atom. The maximum Gasteiger partial charge on any atom is 0.0663 e. The summed E-state index contributed by atoms with van der Waals surface area (Å²) in [5, 5.41) is 6.04. The van der Waals surface area contributed by atoms with Crippen LogP contribution in [0.4, 0.5) is 5.69 Å². The van der Waals surface area contributed by atoms with E-state index in [1.54, 1.807) is 7.11 Å². The monoisotopic (exact) mass is 229 g/mol. The number of benzene rings is 2. The molecule has 90 valence electrons. The number of ether oxygens (including phenoxy) is 1. The van der Waals surface area contributed by atoms with Crippen molar-refractivity contribution in [2.75, 3.05) is 19.0 Å². The Kier molecular flexibility index (Phi) is 3.99. The number of hydrogen-bond donors (Lipinski definition) is 1. The Labute approximate surface area is 103 Å². The van der Waals surface area contributed by atoms with Gasteiger partial charge in [0.1, 0.15) is 0 Å². The molecule has 0 fully saturated rings. The number of hydrogen-bond acceptors (Lipinski definition) is 2. The summed E-state index contributed by atoms with van der Waals surface area (Å²) in [6.07, 6.45) is 1.06. The molecule has 0 aliphatic heterocycles. The zero-order valence-corrected chi connectivity index (χ0v) is 10.4. The van der Waals surface area contributed by atoms with Gasteiger partial charge >= 0.3 is 0 Å². The molecule has 17 heavy (non-hydrogen) atoms. The van der Waals surface area contributed by atoms with Crippen molar-refractivity contribution in [1.82, 2.24) is 0 Å². The van der Waals surface area contributed by atoms with E-state index < -0.39 is 0 Å². The molecule has 1 atom stereocenters. The third-order valence-corrected chi connectivity index (χ3v) is 2.98. The molecular formula is C15H19NO. The molecule has 0 amide bonds. The van der Waals surface area contributed by atoms with Crippen molar-refractivity contribution in [3.05, 3.63) is 42.5 Å². The van der Waals surface area contributed by atoms with Gasteiger partial charge in [-0.3, -0.25) is 0 Å². The third-order valence-electron chi connectivity index (χ3n) is 2.98. The van der Waals surface area contributed by atoms with E-state index in [-0.39, 0.29) is 0 Å². The highest BCUT2D eigenvalue weighted by Crippen LogP contribution is 2.19. The Morgan fingerprint density at radius 3 is 2.59 bits per heavy atom. The van der Waals surface area contributed by atoms with Crippen LogP contribution < -0.4 is 5.32 Å². The first-order valence-electron chi connectivity index (χ1n) is 6.07. The first-order chi connectivity index (χ1) is 8.33. The fourth-order valence-corrected chi connectivity index (χ4v) is 1.98. The van der Waals surface area contributed by atoms with Gasteiger partial charge in [-0.15, -0.1) is 0 Å². The maximum absolute atomic E-state index is 5.19. The summed E-state index contributed by atoms with van der Waals surface area (Å²) in [5.74, 6) is 0. The SMILES string of the molecule is CCC(COC)Nc1ccc2ccccc2c1. The van der Waals surface area contributed by atoms with Gasteiger partial charge in [-0.1, -0.05) is 37.3 Å². The fourth-order valence-electron chi connectivity index (χ4n) is 1.98. The molecule has 1 unspecified atom stereocenters. The molecule has 0 bridgehead atoms. The average Bonchev–Trinajstić information content (AvgIpc) is 2.38. The van der Waals surface area contributed by atoms with E-state index in [1.807, 2.05) is 0 Å². The van der Waals surface area contributed by atoms with Crippen LogP contribution in [0.3, 0.4) is 0 Å². The highest BCUT2D eigenvalue weighted by molar-refractivity contribution is 5.85. The van der Waals surface area contributed by atoms with Gasteiger partial charge in [0.05, 0.1) is 6.61 Å². The van der Waals surface area contributed by atoms with E-state index in [0.717, 1.165) is 18.7 Å². The Balaban J connectivity index is 2.18. The highest BCUT2D eigenvalue weighted by atomic mass is 16.5. The van der Waals surface area contributed by atoms with Crippen molar-refractivity contribution < 1.29 is 4.74 Å². The summed E-state index contributed by atoms with van der Waals surface area (Å²) in [6, 6.07) is 15.2. The van der Waals surface area contributed by atoms with Crippen molar-refractivity contribution in [3.63, 3.8) is 0 Å². The molecule has 0 spiro atoms. The molecule has 2 rings (SSSR count). The van der Waals surface area contributed by atoms with Gasteiger partial charge < -0.3 is 10.1 Å². The van der Waals surface area contributed by atoms with Crippen LogP contribution in [0.1, 0.15) is 13.3 Å². The first kappa shape index (κ1) is 11.9. The van der Waals surface area contributed by atoms with Crippen molar-refractivity contribution in [2.45, 2.75) is 19.4 Å². The summed E-state index contributed by atoms with van der Waals surface area (Å²) < 4.78 is 5.19. The van der Waals surface area contributed by atoms with E-state index >= 15 is 0 Å². The first-order valence-corrected chi connectivity index (χ1v) is 6.07. The Hall–Kier alpha value is -1.54. The number of fused-ring (bicyclic) bond motifs is 1. The standard InChI is InChI=1S/C15H19NO/c1-3-14(11-17-2)16-15-9-8-12-6-4-5-7-13(12)10-15/h4-10,14,16H,3,11H2,1-2H3. The van der Waals surface area contributed by atoms with Crippen LogP contribution in [-0.2, 0) is 4.74 Å². The molecule has 0 radical (unpaired) electrons. The lowest BCUT2D eigenvalue weighted by atomic mass is 10.1. The maximum atomic E-state index is 5.19. The van der Waals surface area contributed by atoms with Crippen LogP contribution in [0.25, 0.3) is 10.8 Å². The van der Waals surface area contributed by atoms with Gasteiger partial charge in [-0.05, 0) is 29.3 Å². The van der Waals surface area contributed by atoms with Crippen LogP contribution >= 0.6 is 0 Å². The summed E-state index contributed by atoms with van der Waals surface area (Å²) >= 11 is 0. The quantitative estimate of drug-likeness (QED) is 0.844. The second-order valence-electron chi connectivity index (χ2n) is 4.27. The smallest absolute Gasteiger partial charge is 0.0663 e. The van der Waals surface area contributed by atoms with E-state index in [9.17, 15) is 0 Å². The molecule has 0 aliphatic carbocycles. The minimum absolute atomic E-state index is 0.376. The predicted octanol–water partition coefficient (Wildman–Crippen LogP) is 3.68. The Bertz CT molecular complexity index is 481. The number of rotatable bonds is 5. The lowest BCUT2D eigenvalue weighted by Gasteiger charge is -2.17. The average molecular weight is 229 g/mol. The predicted molar refractivity (Wildman–Crippen MR) is 73.5 cm³/mol. The van der Waals surface area contributed by atoms with E-state index in [2.05, 4.69) is 54.7 Å². The Morgan fingerprint density at radius 2 is 1.88 bits per heavy atom. The van der Waals surface area contributed by atoms with Crippen molar-refractivity contribution in [3.8, 4) is 0 Å². The van der Waals surface area contributed by atoms with Crippen LogP contribution in [0.15, 0.2) is 42.5 Å². The molecule has 2 aromatic rings. The number of anilines is 1. The topological polar surface area (TPSA) is 21.3 Å². The third kappa shape index (κ3) is 2.98. The summed E-state index contributed by atoms with van der Waals surface area (Å²) in [7, 11) is 1.74. The molecule has 0 aliphatic rings. The highest BCUT2D eigenvalue weighted by Gasteiger charge is 2.05. The van der Waals surface area contributed by atoms with Gasteiger partial charge in [-0.25, -0.2) is 0 Å². The minimum Gasteiger partial charge on any atom is -0.383 e. The largest absolute Gasteiger partial charge is 0.383 e. The number of nitrogens with one attached hydrogen (secondary N) is 1. The van der Waals surface area contributed by atoms with Gasteiger partial charge in [0, 0.05) is 18.8 Å². The van der Waals surface area contributed by atoms with Crippen LogP contribution in [-0.4, -0.2) is 19.8 Å².